The number of rotatable bonds is 4. The summed E-state index contributed by atoms with van der Waals surface area (Å²) in [6.07, 6.45) is 1.79. The molecule has 2 unspecified atom stereocenters. The van der Waals surface area contributed by atoms with E-state index in [1.807, 2.05) is 6.07 Å². The van der Waals surface area contributed by atoms with Crippen molar-refractivity contribution < 1.29 is 9.18 Å². The zero-order valence-corrected chi connectivity index (χ0v) is 14.1. The maximum atomic E-state index is 13.8. The second kappa shape index (κ2) is 6.78. The monoisotopic (exact) mass is 306 g/mol. The number of halogens is 1. The van der Waals surface area contributed by atoms with Gasteiger partial charge in [0.1, 0.15) is 0 Å². The SMILES string of the molecule is CC1CC(N(C)C(=O)C(C)(C)F)CCN1Cc1ccccc1. The molecule has 0 aliphatic carbocycles. The molecule has 0 saturated carbocycles. The number of hydrogen-bond donors (Lipinski definition) is 0. The van der Waals surface area contributed by atoms with Crippen LogP contribution in [0.5, 0.6) is 0 Å². The molecular weight excluding hydrogens is 279 g/mol. The second-order valence-electron chi connectivity index (χ2n) is 6.87. The molecule has 0 radical (unpaired) electrons. The van der Waals surface area contributed by atoms with Gasteiger partial charge in [0.05, 0.1) is 0 Å². The lowest BCUT2D eigenvalue weighted by Crippen LogP contribution is -2.52. The second-order valence-corrected chi connectivity index (χ2v) is 6.87. The molecule has 2 atom stereocenters. The summed E-state index contributed by atoms with van der Waals surface area (Å²) in [7, 11) is 1.73. The molecular formula is C18H27FN2O. The molecule has 1 aliphatic rings. The van der Waals surface area contributed by atoms with Crippen LogP contribution in [0.4, 0.5) is 4.39 Å². The average molecular weight is 306 g/mol. The van der Waals surface area contributed by atoms with Crippen LogP contribution in [0, 0.1) is 0 Å². The molecule has 122 valence electrons. The fraction of sp³-hybridized carbons (Fsp3) is 0.611. The number of nitrogens with zero attached hydrogens (tertiary/aromatic N) is 2. The third-order valence-electron chi connectivity index (χ3n) is 4.59. The highest BCUT2D eigenvalue weighted by Crippen LogP contribution is 2.25. The Morgan fingerprint density at radius 2 is 2.00 bits per heavy atom. The first kappa shape index (κ1) is 16.9. The van der Waals surface area contributed by atoms with E-state index in [0.29, 0.717) is 6.04 Å². The number of carbonyl (C=O) groups excluding carboxylic acids is 1. The molecule has 1 aliphatic heterocycles. The van der Waals surface area contributed by atoms with Crippen LogP contribution in [-0.2, 0) is 11.3 Å². The summed E-state index contributed by atoms with van der Waals surface area (Å²) in [5.74, 6) is -0.416. The van der Waals surface area contributed by atoms with Gasteiger partial charge in [-0.3, -0.25) is 9.69 Å². The van der Waals surface area contributed by atoms with E-state index in [0.717, 1.165) is 25.9 Å². The van der Waals surface area contributed by atoms with Gasteiger partial charge in [-0.15, -0.1) is 0 Å². The summed E-state index contributed by atoms with van der Waals surface area (Å²) in [6, 6.07) is 10.9. The average Bonchev–Trinajstić information content (AvgIpc) is 2.48. The lowest BCUT2D eigenvalue weighted by molar-refractivity contribution is -0.144. The number of likely N-dealkylation sites (tertiary alicyclic amines) is 1. The molecule has 4 heteroatoms. The minimum atomic E-state index is -1.79. The maximum absolute atomic E-state index is 13.8. The third kappa shape index (κ3) is 4.07. The van der Waals surface area contributed by atoms with E-state index in [1.165, 1.54) is 19.4 Å². The van der Waals surface area contributed by atoms with Crippen molar-refractivity contribution in [2.75, 3.05) is 13.6 Å². The predicted molar refractivity (Wildman–Crippen MR) is 87.3 cm³/mol. The van der Waals surface area contributed by atoms with Gasteiger partial charge in [-0.2, -0.15) is 0 Å². The van der Waals surface area contributed by atoms with Gasteiger partial charge in [-0.05, 0) is 39.2 Å². The van der Waals surface area contributed by atoms with Crippen LogP contribution < -0.4 is 0 Å². The van der Waals surface area contributed by atoms with Crippen molar-refractivity contribution >= 4 is 5.91 Å². The molecule has 22 heavy (non-hydrogen) atoms. The molecule has 1 saturated heterocycles. The highest BCUT2D eigenvalue weighted by Gasteiger charge is 2.36. The van der Waals surface area contributed by atoms with Crippen LogP contribution in [0.25, 0.3) is 0 Å². The molecule has 1 fully saturated rings. The zero-order chi connectivity index (χ0) is 16.3. The van der Waals surface area contributed by atoms with Gasteiger partial charge >= 0.3 is 0 Å². The largest absolute Gasteiger partial charge is 0.340 e. The zero-order valence-electron chi connectivity index (χ0n) is 14.1. The van der Waals surface area contributed by atoms with Crippen LogP contribution in [-0.4, -0.2) is 47.1 Å². The van der Waals surface area contributed by atoms with E-state index < -0.39 is 11.6 Å². The number of alkyl halides is 1. The number of carbonyl (C=O) groups is 1. The Labute approximate surface area is 133 Å². The van der Waals surface area contributed by atoms with Crippen LogP contribution in [0.1, 0.15) is 39.2 Å². The summed E-state index contributed by atoms with van der Waals surface area (Å²) in [6.45, 7) is 6.72. The Bertz CT molecular complexity index is 498. The number of benzene rings is 1. The number of hydrogen-bond acceptors (Lipinski definition) is 2. The highest BCUT2D eigenvalue weighted by molar-refractivity contribution is 5.84. The molecule has 1 amide bonds. The predicted octanol–water partition coefficient (Wildman–Crippen LogP) is 3.25. The third-order valence-corrected chi connectivity index (χ3v) is 4.59. The van der Waals surface area contributed by atoms with Crippen molar-refractivity contribution in [1.29, 1.82) is 0 Å². The van der Waals surface area contributed by atoms with E-state index in [4.69, 9.17) is 0 Å². The van der Waals surface area contributed by atoms with Crippen LogP contribution in [0.2, 0.25) is 0 Å². The Morgan fingerprint density at radius 3 is 2.55 bits per heavy atom. The van der Waals surface area contributed by atoms with E-state index in [2.05, 4.69) is 36.1 Å². The van der Waals surface area contributed by atoms with Crippen molar-refractivity contribution in [1.82, 2.24) is 9.80 Å². The van der Waals surface area contributed by atoms with Gasteiger partial charge in [0.15, 0.2) is 5.67 Å². The van der Waals surface area contributed by atoms with Gasteiger partial charge in [-0.25, -0.2) is 4.39 Å². The van der Waals surface area contributed by atoms with E-state index >= 15 is 0 Å². The first-order valence-corrected chi connectivity index (χ1v) is 8.03. The molecule has 1 aromatic rings. The molecule has 0 N–H and O–H groups in total. The minimum Gasteiger partial charge on any atom is -0.340 e. The van der Waals surface area contributed by atoms with Crippen LogP contribution >= 0.6 is 0 Å². The van der Waals surface area contributed by atoms with Crippen molar-refractivity contribution in [2.45, 2.75) is 57.9 Å². The van der Waals surface area contributed by atoms with E-state index in [1.54, 1.807) is 11.9 Å². The van der Waals surface area contributed by atoms with Crippen molar-refractivity contribution in [2.24, 2.45) is 0 Å². The van der Waals surface area contributed by atoms with Crippen molar-refractivity contribution in [3.63, 3.8) is 0 Å². The standard InChI is InChI=1S/C18H27FN2O/c1-14-12-16(20(4)17(22)18(2,3)19)10-11-21(14)13-15-8-6-5-7-9-15/h5-9,14,16H,10-13H2,1-4H3. The van der Waals surface area contributed by atoms with Gasteiger partial charge in [0, 0.05) is 32.2 Å². The minimum absolute atomic E-state index is 0.129. The Hall–Kier alpha value is -1.42. The molecule has 1 aromatic carbocycles. The topological polar surface area (TPSA) is 23.6 Å². The number of amides is 1. The van der Waals surface area contributed by atoms with Gasteiger partial charge < -0.3 is 4.90 Å². The molecule has 2 rings (SSSR count). The molecule has 0 spiro atoms. The molecule has 0 aromatic heterocycles. The smallest absolute Gasteiger partial charge is 0.259 e. The van der Waals surface area contributed by atoms with Gasteiger partial charge in [0.25, 0.3) is 5.91 Å². The quantitative estimate of drug-likeness (QED) is 0.852. The van der Waals surface area contributed by atoms with Crippen molar-refractivity contribution in [3.05, 3.63) is 35.9 Å². The van der Waals surface area contributed by atoms with E-state index in [-0.39, 0.29) is 6.04 Å². The van der Waals surface area contributed by atoms with Gasteiger partial charge in [0.2, 0.25) is 0 Å². The summed E-state index contributed by atoms with van der Waals surface area (Å²) in [5, 5.41) is 0. The summed E-state index contributed by atoms with van der Waals surface area (Å²) < 4.78 is 13.8. The fourth-order valence-electron chi connectivity index (χ4n) is 3.19. The summed E-state index contributed by atoms with van der Waals surface area (Å²) in [4.78, 5) is 16.1. The normalized spacial score (nSPS) is 23.3. The molecule has 3 nitrogen and oxygen atoms in total. The van der Waals surface area contributed by atoms with Crippen LogP contribution in [0.3, 0.4) is 0 Å². The number of piperidine rings is 1. The first-order chi connectivity index (χ1) is 10.3. The maximum Gasteiger partial charge on any atom is 0.259 e. The first-order valence-electron chi connectivity index (χ1n) is 8.03. The highest BCUT2D eigenvalue weighted by atomic mass is 19.1. The van der Waals surface area contributed by atoms with Gasteiger partial charge in [-0.1, -0.05) is 30.3 Å². The molecule has 0 bridgehead atoms. The summed E-state index contributed by atoms with van der Waals surface area (Å²) >= 11 is 0. The van der Waals surface area contributed by atoms with Crippen molar-refractivity contribution in [3.8, 4) is 0 Å². The lowest BCUT2D eigenvalue weighted by Gasteiger charge is -2.42. The molecule has 1 heterocycles. The fourth-order valence-corrected chi connectivity index (χ4v) is 3.19. The van der Waals surface area contributed by atoms with E-state index in [9.17, 15) is 9.18 Å². The van der Waals surface area contributed by atoms with Crippen LogP contribution in [0.15, 0.2) is 30.3 Å². The summed E-state index contributed by atoms with van der Waals surface area (Å²) in [5.41, 5.74) is -0.485. The Balaban J connectivity index is 1.94. The Kier molecular flexibility index (Phi) is 5.22. The lowest BCUT2D eigenvalue weighted by atomic mass is 9.95. The Morgan fingerprint density at radius 1 is 1.36 bits per heavy atom.